The fraction of sp³-hybridized carbons (Fsp3) is 1.00. The highest BCUT2D eigenvalue weighted by atomic mass is 32.2. The Kier molecular flexibility index (Phi) is 4.74. The minimum Gasteiger partial charge on any atom is -0.309 e. The van der Waals surface area contributed by atoms with Crippen molar-refractivity contribution in [1.29, 1.82) is 0 Å². The first-order chi connectivity index (χ1) is 6.91. The maximum atomic E-state index is 11.2. The highest BCUT2D eigenvalue weighted by Crippen LogP contribution is 2.11. The normalized spacial score (nSPS) is 26.1. The molecule has 0 bridgehead atoms. The highest BCUT2D eigenvalue weighted by molar-refractivity contribution is 7.84. The second kappa shape index (κ2) is 5.41. The van der Waals surface area contributed by atoms with Crippen LogP contribution < -0.4 is 5.32 Å². The smallest absolute Gasteiger partial charge is 0.0329 e. The monoisotopic (exact) mass is 232 g/mol. The summed E-state index contributed by atoms with van der Waals surface area (Å²) in [5.41, 5.74) is 0.229. The van der Waals surface area contributed by atoms with Crippen LogP contribution in [0.3, 0.4) is 0 Å². The molecule has 0 spiro atoms. The number of nitrogens with one attached hydrogen (secondary N) is 1. The standard InChI is InChI=1S/C11H24N2OS/c1-10(15(4)14)5-7-13-8-6-12-11(2,3)9-13/h10,12H,5-9H2,1-4H3. The number of rotatable bonds is 4. The van der Waals surface area contributed by atoms with E-state index in [9.17, 15) is 4.21 Å². The zero-order valence-corrected chi connectivity index (χ0v) is 11.2. The third kappa shape index (κ3) is 4.62. The lowest BCUT2D eigenvalue weighted by Crippen LogP contribution is -2.57. The van der Waals surface area contributed by atoms with E-state index in [4.69, 9.17) is 0 Å². The lowest BCUT2D eigenvalue weighted by molar-refractivity contribution is 0.153. The van der Waals surface area contributed by atoms with E-state index in [1.807, 2.05) is 0 Å². The molecule has 0 aromatic heterocycles. The van der Waals surface area contributed by atoms with Crippen LogP contribution in [0.2, 0.25) is 0 Å². The van der Waals surface area contributed by atoms with Crippen molar-refractivity contribution in [3.05, 3.63) is 0 Å². The minimum absolute atomic E-state index is 0.229. The van der Waals surface area contributed by atoms with Crippen LogP contribution in [-0.2, 0) is 10.8 Å². The van der Waals surface area contributed by atoms with Crippen LogP contribution in [-0.4, -0.2) is 52.3 Å². The quantitative estimate of drug-likeness (QED) is 0.779. The van der Waals surface area contributed by atoms with Gasteiger partial charge in [0, 0.05) is 47.5 Å². The molecule has 2 unspecified atom stereocenters. The summed E-state index contributed by atoms with van der Waals surface area (Å²) in [4.78, 5) is 2.47. The van der Waals surface area contributed by atoms with E-state index in [1.54, 1.807) is 6.26 Å². The van der Waals surface area contributed by atoms with Crippen molar-refractivity contribution in [2.24, 2.45) is 0 Å². The Morgan fingerprint density at radius 2 is 2.20 bits per heavy atom. The van der Waals surface area contributed by atoms with Crippen molar-refractivity contribution in [3.8, 4) is 0 Å². The SMILES string of the molecule is CC(CCN1CCNC(C)(C)C1)S(C)=O. The molecule has 0 aliphatic carbocycles. The molecule has 3 nitrogen and oxygen atoms in total. The van der Waals surface area contributed by atoms with E-state index in [0.29, 0.717) is 5.25 Å². The predicted octanol–water partition coefficient (Wildman–Crippen LogP) is 0.827. The van der Waals surface area contributed by atoms with Crippen LogP contribution in [0.1, 0.15) is 27.2 Å². The van der Waals surface area contributed by atoms with Gasteiger partial charge in [-0.25, -0.2) is 0 Å². The molecule has 1 heterocycles. The summed E-state index contributed by atoms with van der Waals surface area (Å²) in [5, 5.41) is 3.82. The van der Waals surface area contributed by atoms with Crippen LogP contribution in [0.4, 0.5) is 0 Å². The van der Waals surface area contributed by atoms with Gasteiger partial charge >= 0.3 is 0 Å². The number of piperazine rings is 1. The van der Waals surface area contributed by atoms with E-state index < -0.39 is 10.8 Å². The van der Waals surface area contributed by atoms with Gasteiger partial charge in [-0.15, -0.1) is 0 Å². The summed E-state index contributed by atoms with van der Waals surface area (Å²) < 4.78 is 11.2. The van der Waals surface area contributed by atoms with Crippen molar-refractivity contribution in [2.75, 3.05) is 32.4 Å². The molecule has 1 saturated heterocycles. The summed E-state index contributed by atoms with van der Waals surface area (Å²) in [6.45, 7) is 10.9. The van der Waals surface area contributed by atoms with Crippen molar-refractivity contribution >= 4 is 10.8 Å². The molecule has 0 radical (unpaired) electrons. The molecule has 0 amide bonds. The van der Waals surface area contributed by atoms with Gasteiger partial charge in [0.2, 0.25) is 0 Å². The summed E-state index contributed by atoms with van der Waals surface area (Å²) >= 11 is 0. The Balaban J connectivity index is 2.30. The first kappa shape index (κ1) is 13.1. The Morgan fingerprint density at radius 3 is 2.73 bits per heavy atom. The Hall–Kier alpha value is 0.0700. The second-order valence-electron chi connectivity index (χ2n) is 5.18. The van der Waals surface area contributed by atoms with Gasteiger partial charge in [-0.2, -0.15) is 0 Å². The first-order valence-electron chi connectivity index (χ1n) is 5.70. The van der Waals surface area contributed by atoms with Crippen LogP contribution in [0.5, 0.6) is 0 Å². The van der Waals surface area contributed by atoms with Crippen LogP contribution in [0.25, 0.3) is 0 Å². The molecule has 0 aromatic rings. The van der Waals surface area contributed by atoms with Gasteiger partial charge in [-0.1, -0.05) is 6.92 Å². The third-order valence-corrected chi connectivity index (χ3v) is 4.44. The van der Waals surface area contributed by atoms with E-state index in [1.165, 1.54) is 0 Å². The van der Waals surface area contributed by atoms with Gasteiger partial charge in [0.25, 0.3) is 0 Å². The summed E-state index contributed by atoms with van der Waals surface area (Å²) in [6.07, 6.45) is 2.84. The van der Waals surface area contributed by atoms with Crippen LogP contribution in [0, 0.1) is 0 Å². The zero-order chi connectivity index (χ0) is 11.5. The van der Waals surface area contributed by atoms with Gasteiger partial charge in [0.1, 0.15) is 0 Å². The lowest BCUT2D eigenvalue weighted by atomic mass is 10.0. The molecule has 1 aliphatic heterocycles. The molecule has 0 aromatic carbocycles. The van der Waals surface area contributed by atoms with E-state index in [2.05, 4.69) is 31.0 Å². The fourth-order valence-corrected chi connectivity index (χ4v) is 2.40. The van der Waals surface area contributed by atoms with Crippen LogP contribution in [0.15, 0.2) is 0 Å². The van der Waals surface area contributed by atoms with E-state index >= 15 is 0 Å². The fourth-order valence-electron chi connectivity index (χ4n) is 1.97. The van der Waals surface area contributed by atoms with Crippen LogP contribution >= 0.6 is 0 Å². The lowest BCUT2D eigenvalue weighted by Gasteiger charge is -2.39. The number of nitrogens with zero attached hydrogens (tertiary/aromatic N) is 1. The predicted molar refractivity (Wildman–Crippen MR) is 66.7 cm³/mol. The van der Waals surface area contributed by atoms with E-state index in [-0.39, 0.29) is 5.54 Å². The molecule has 1 fully saturated rings. The first-order valence-corrected chi connectivity index (χ1v) is 7.32. The second-order valence-corrected chi connectivity index (χ2v) is 6.99. The molecule has 15 heavy (non-hydrogen) atoms. The van der Waals surface area contributed by atoms with Gasteiger partial charge in [-0.05, 0) is 26.8 Å². The van der Waals surface area contributed by atoms with Gasteiger partial charge in [0.05, 0.1) is 0 Å². The van der Waals surface area contributed by atoms with Gasteiger partial charge < -0.3 is 10.2 Å². The molecule has 1 N–H and O–H groups in total. The molecule has 0 saturated carbocycles. The van der Waals surface area contributed by atoms with Crippen molar-refractivity contribution in [2.45, 2.75) is 38.0 Å². The molecule has 1 rings (SSSR count). The summed E-state index contributed by atoms with van der Waals surface area (Å²) in [6, 6.07) is 0. The third-order valence-electron chi connectivity index (χ3n) is 3.07. The number of hydrogen-bond donors (Lipinski definition) is 1. The average molecular weight is 232 g/mol. The average Bonchev–Trinajstić information content (AvgIpc) is 2.12. The Bertz CT molecular complexity index is 231. The minimum atomic E-state index is -0.676. The van der Waals surface area contributed by atoms with Crippen molar-refractivity contribution in [3.63, 3.8) is 0 Å². The maximum Gasteiger partial charge on any atom is 0.0329 e. The molecule has 1 aliphatic rings. The zero-order valence-electron chi connectivity index (χ0n) is 10.4. The van der Waals surface area contributed by atoms with Crippen molar-refractivity contribution in [1.82, 2.24) is 10.2 Å². The van der Waals surface area contributed by atoms with Gasteiger partial charge in [0.15, 0.2) is 0 Å². The summed E-state index contributed by atoms with van der Waals surface area (Å²) in [7, 11) is -0.676. The largest absolute Gasteiger partial charge is 0.309 e. The number of hydrogen-bond acceptors (Lipinski definition) is 3. The Morgan fingerprint density at radius 1 is 1.53 bits per heavy atom. The molecular formula is C11H24N2OS. The molecule has 90 valence electrons. The maximum absolute atomic E-state index is 11.2. The molecular weight excluding hydrogens is 208 g/mol. The highest BCUT2D eigenvalue weighted by Gasteiger charge is 2.25. The Labute approximate surface area is 96.1 Å². The molecule has 4 heteroatoms. The van der Waals surface area contributed by atoms with Gasteiger partial charge in [-0.3, -0.25) is 4.21 Å². The summed E-state index contributed by atoms with van der Waals surface area (Å²) in [5.74, 6) is 0. The topological polar surface area (TPSA) is 32.3 Å². The molecule has 2 atom stereocenters. The van der Waals surface area contributed by atoms with Crippen molar-refractivity contribution < 1.29 is 4.21 Å². The van der Waals surface area contributed by atoms with E-state index in [0.717, 1.165) is 32.6 Å².